The third-order valence-corrected chi connectivity index (χ3v) is 3.46. The Balaban J connectivity index is 1.85. The van der Waals surface area contributed by atoms with Gasteiger partial charge in [-0.05, 0) is 51.9 Å². The lowest BCUT2D eigenvalue weighted by molar-refractivity contribution is 0.00871. The molecule has 1 aliphatic rings. The number of hydrogen-bond donors (Lipinski definition) is 3. The number of hydrogen-bond acceptors (Lipinski definition) is 4. The molecule has 4 nitrogen and oxygen atoms in total. The molecule has 1 atom stereocenters. The lowest BCUT2D eigenvalue weighted by atomic mass is 9.92. The molecule has 2 rings (SSSR count). The van der Waals surface area contributed by atoms with Crippen molar-refractivity contribution in [3.63, 3.8) is 0 Å². The van der Waals surface area contributed by atoms with Crippen molar-refractivity contribution >= 4 is 0 Å². The summed E-state index contributed by atoms with van der Waals surface area (Å²) < 4.78 is 5.56. The van der Waals surface area contributed by atoms with Gasteiger partial charge >= 0.3 is 0 Å². The van der Waals surface area contributed by atoms with Gasteiger partial charge in [-0.25, -0.2) is 0 Å². The Morgan fingerprint density at radius 2 is 2.18 bits per heavy atom. The van der Waals surface area contributed by atoms with Gasteiger partial charge in [-0.2, -0.15) is 0 Å². The first-order chi connectivity index (χ1) is 8.09. The van der Waals surface area contributed by atoms with Crippen LogP contribution in [0.2, 0.25) is 0 Å². The molecule has 0 amide bonds. The van der Waals surface area contributed by atoms with E-state index in [0.29, 0.717) is 6.54 Å². The van der Waals surface area contributed by atoms with Crippen LogP contribution in [0.25, 0.3) is 0 Å². The van der Waals surface area contributed by atoms with Crippen LogP contribution in [-0.2, 0) is 0 Å². The normalized spacial score (nSPS) is 21.4. The largest absolute Gasteiger partial charge is 0.465 e. The summed E-state index contributed by atoms with van der Waals surface area (Å²) in [5, 5.41) is 16.9. The predicted molar refractivity (Wildman–Crippen MR) is 66.9 cm³/mol. The molecule has 1 unspecified atom stereocenters. The SMILES string of the molecule is Cc1ccc(C(C)NCC2(O)CCNCC2)o1. The summed E-state index contributed by atoms with van der Waals surface area (Å²) in [5.41, 5.74) is -0.568. The number of aliphatic hydroxyl groups is 1. The Kier molecular flexibility index (Phi) is 3.86. The van der Waals surface area contributed by atoms with Gasteiger partial charge in [-0.1, -0.05) is 0 Å². The fourth-order valence-corrected chi connectivity index (χ4v) is 2.20. The summed E-state index contributed by atoms with van der Waals surface area (Å²) >= 11 is 0. The summed E-state index contributed by atoms with van der Waals surface area (Å²) in [6.45, 7) is 6.41. The minimum atomic E-state index is -0.568. The third-order valence-electron chi connectivity index (χ3n) is 3.46. The van der Waals surface area contributed by atoms with Crippen molar-refractivity contribution in [2.24, 2.45) is 0 Å². The maximum Gasteiger partial charge on any atom is 0.120 e. The molecule has 2 heterocycles. The van der Waals surface area contributed by atoms with Gasteiger partial charge in [0.15, 0.2) is 0 Å². The molecule has 0 spiro atoms. The first kappa shape index (κ1) is 12.6. The van der Waals surface area contributed by atoms with Crippen LogP contribution >= 0.6 is 0 Å². The van der Waals surface area contributed by atoms with E-state index in [9.17, 15) is 5.11 Å². The number of nitrogens with one attached hydrogen (secondary N) is 2. The second kappa shape index (κ2) is 5.21. The second-order valence-corrected chi connectivity index (χ2v) is 5.03. The molecular weight excluding hydrogens is 216 g/mol. The Morgan fingerprint density at radius 1 is 1.47 bits per heavy atom. The molecule has 17 heavy (non-hydrogen) atoms. The molecule has 0 bridgehead atoms. The molecule has 0 radical (unpaired) electrons. The summed E-state index contributed by atoms with van der Waals surface area (Å²) in [4.78, 5) is 0. The van der Waals surface area contributed by atoms with Gasteiger partial charge < -0.3 is 20.2 Å². The van der Waals surface area contributed by atoms with Crippen LogP contribution in [0, 0.1) is 6.92 Å². The minimum Gasteiger partial charge on any atom is -0.465 e. The van der Waals surface area contributed by atoms with Crippen LogP contribution in [0.15, 0.2) is 16.5 Å². The van der Waals surface area contributed by atoms with Crippen molar-refractivity contribution in [1.82, 2.24) is 10.6 Å². The number of furan rings is 1. The lowest BCUT2D eigenvalue weighted by Gasteiger charge is -2.33. The number of piperidine rings is 1. The minimum absolute atomic E-state index is 0.141. The highest BCUT2D eigenvalue weighted by molar-refractivity contribution is 5.09. The molecule has 1 aliphatic heterocycles. The maximum atomic E-state index is 10.3. The van der Waals surface area contributed by atoms with Gasteiger partial charge in [0.25, 0.3) is 0 Å². The highest BCUT2D eigenvalue weighted by Gasteiger charge is 2.29. The smallest absolute Gasteiger partial charge is 0.120 e. The van der Waals surface area contributed by atoms with Crippen molar-refractivity contribution in [3.05, 3.63) is 23.7 Å². The van der Waals surface area contributed by atoms with Crippen molar-refractivity contribution in [2.75, 3.05) is 19.6 Å². The van der Waals surface area contributed by atoms with Gasteiger partial charge in [-0.3, -0.25) is 0 Å². The van der Waals surface area contributed by atoms with Crippen LogP contribution in [0.4, 0.5) is 0 Å². The molecule has 0 aromatic carbocycles. The first-order valence-corrected chi connectivity index (χ1v) is 6.32. The first-order valence-electron chi connectivity index (χ1n) is 6.32. The van der Waals surface area contributed by atoms with E-state index in [4.69, 9.17) is 4.42 Å². The molecule has 4 heteroatoms. The Morgan fingerprint density at radius 3 is 2.76 bits per heavy atom. The zero-order valence-corrected chi connectivity index (χ0v) is 10.6. The lowest BCUT2D eigenvalue weighted by Crippen LogP contribution is -2.48. The Bertz CT molecular complexity index is 356. The average Bonchev–Trinajstić information content (AvgIpc) is 2.74. The topological polar surface area (TPSA) is 57.4 Å². The molecule has 1 aromatic rings. The molecule has 3 N–H and O–H groups in total. The predicted octanol–water partition coefficient (Wildman–Crippen LogP) is 1.35. The Labute approximate surface area is 102 Å². The Hall–Kier alpha value is -0.840. The van der Waals surface area contributed by atoms with Crippen molar-refractivity contribution in [3.8, 4) is 0 Å². The zero-order valence-electron chi connectivity index (χ0n) is 10.6. The molecule has 1 fully saturated rings. The van der Waals surface area contributed by atoms with Gasteiger partial charge in [0, 0.05) is 6.54 Å². The standard InChI is InChI=1S/C13H22N2O2/c1-10-3-4-12(17-10)11(2)15-9-13(16)5-7-14-8-6-13/h3-4,11,14-16H,5-9H2,1-2H3. The van der Waals surface area contributed by atoms with Crippen LogP contribution in [0.3, 0.4) is 0 Å². The van der Waals surface area contributed by atoms with E-state index in [1.807, 2.05) is 19.1 Å². The van der Waals surface area contributed by atoms with Crippen LogP contribution in [0.1, 0.15) is 37.3 Å². The zero-order chi connectivity index (χ0) is 12.3. The monoisotopic (exact) mass is 238 g/mol. The molecule has 0 aliphatic carbocycles. The average molecular weight is 238 g/mol. The van der Waals surface area contributed by atoms with E-state index in [-0.39, 0.29) is 6.04 Å². The molecule has 1 aromatic heterocycles. The summed E-state index contributed by atoms with van der Waals surface area (Å²) in [5.74, 6) is 1.86. The number of rotatable bonds is 4. The van der Waals surface area contributed by atoms with E-state index >= 15 is 0 Å². The van der Waals surface area contributed by atoms with E-state index in [1.165, 1.54) is 0 Å². The van der Waals surface area contributed by atoms with E-state index in [2.05, 4.69) is 17.6 Å². The highest BCUT2D eigenvalue weighted by Crippen LogP contribution is 2.20. The summed E-state index contributed by atoms with van der Waals surface area (Å²) in [6, 6.07) is 4.09. The number of aryl methyl sites for hydroxylation is 1. The molecule has 1 saturated heterocycles. The third kappa shape index (κ3) is 3.31. The van der Waals surface area contributed by atoms with Crippen LogP contribution < -0.4 is 10.6 Å². The quantitative estimate of drug-likeness (QED) is 0.741. The van der Waals surface area contributed by atoms with Gasteiger partial charge in [0.05, 0.1) is 11.6 Å². The summed E-state index contributed by atoms with van der Waals surface area (Å²) in [6.07, 6.45) is 1.62. The second-order valence-electron chi connectivity index (χ2n) is 5.03. The maximum absolute atomic E-state index is 10.3. The van der Waals surface area contributed by atoms with Crippen molar-refractivity contribution < 1.29 is 9.52 Å². The van der Waals surface area contributed by atoms with Gasteiger partial charge in [0.2, 0.25) is 0 Å². The van der Waals surface area contributed by atoms with Gasteiger partial charge in [0.1, 0.15) is 11.5 Å². The van der Waals surface area contributed by atoms with Crippen LogP contribution in [-0.4, -0.2) is 30.3 Å². The van der Waals surface area contributed by atoms with E-state index < -0.39 is 5.60 Å². The van der Waals surface area contributed by atoms with E-state index in [1.54, 1.807) is 0 Å². The fraction of sp³-hybridized carbons (Fsp3) is 0.692. The van der Waals surface area contributed by atoms with Crippen molar-refractivity contribution in [2.45, 2.75) is 38.3 Å². The molecular formula is C13H22N2O2. The molecule has 96 valence electrons. The van der Waals surface area contributed by atoms with Crippen LogP contribution in [0.5, 0.6) is 0 Å². The van der Waals surface area contributed by atoms with E-state index in [0.717, 1.165) is 37.5 Å². The highest BCUT2D eigenvalue weighted by atomic mass is 16.3. The summed E-state index contributed by atoms with van der Waals surface area (Å²) in [7, 11) is 0. The van der Waals surface area contributed by atoms with Crippen molar-refractivity contribution in [1.29, 1.82) is 0 Å². The van der Waals surface area contributed by atoms with Gasteiger partial charge in [-0.15, -0.1) is 0 Å². The fourth-order valence-electron chi connectivity index (χ4n) is 2.20. The molecule has 0 saturated carbocycles.